The van der Waals surface area contributed by atoms with Gasteiger partial charge >= 0.3 is 0 Å². The maximum Gasteiger partial charge on any atom is 0.0438 e. The lowest BCUT2D eigenvalue weighted by atomic mass is 10.3. The SMILES string of the molecule is CCN(CC)c1ccccc1P. The van der Waals surface area contributed by atoms with E-state index in [1.807, 2.05) is 0 Å². The fourth-order valence-corrected chi connectivity index (χ4v) is 1.73. The average molecular weight is 181 g/mol. The molecule has 0 saturated heterocycles. The molecule has 12 heavy (non-hydrogen) atoms. The molecule has 1 rings (SSSR count). The Labute approximate surface area is 77.0 Å². The number of hydrogen-bond acceptors (Lipinski definition) is 1. The second-order valence-electron chi connectivity index (χ2n) is 2.73. The standard InChI is InChI=1S/C10H16NP/c1-3-11(4-2)9-7-5-6-8-10(9)12/h5-8H,3-4,12H2,1-2H3. The van der Waals surface area contributed by atoms with Crippen molar-refractivity contribution in [2.24, 2.45) is 0 Å². The molecular weight excluding hydrogens is 165 g/mol. The Kier molecular flexibility index (Phi) is 3.55. The Bertz CT molecular complexity index is 243. The number of hydrogen-bond donors (Lipinski definition) is 0. The minimum atomic E-state index is 1.07. The van der Waals surface area contributed by atoms with Crippen molar-refractivity contribution in [2.75, 3.05) is 18.0 Å². The highest BCUT2D eigenvalue weighted by Gasteiger charge is 2.02. The van der Waals surface area contributed by atoms with E-state index in [-0.39, 0.29) is 0 Å². The van der Waals surface area contributed by atoms with Crippen molar-refractivity contribution in [1.82, 2.24) is 0 Å². The second-order valence-corrected chi connectivity index (χ2v) is 3.35. The fourth-order valence-electron chi connectivity index (χ4n) is 1.34. The van der Waals surface area contributed by atoms with E-state index in [0.717, 1.165) is 13.1 Å². The summed E-state index contributed by atoms with van der Waals surface area (Å²) < 4.78 is 0. The van der Waals surface area contributed by atoms with E-state index in [1.54, 1.807) is 0 Å². The highest BCUT2D eigenvalue weighted by molar-refractivity contribution is 7.28. The van der Waals surface area contributed by atoms with E-state index >= 15 is 0 Å². The van der Waals surface area contributed by atoms with Crippen molar-refractivity contribution >= 4 is 20.2 Å². The summed E-state index contributed by atoms with van der Waals surface area (Å²) in [6, 6.07) is 8.43. The average Bonchev–Trinajstić information content (AvgIpc) is 2.10. The highest BCUT2D eigenvalue weighted by atomic mass is 31.0. The predicted octanol–water partition coefficient (Wildman–Crippen LogP) is 2.03. The molecule has 2 heteroatoms. The quantitative estimate of drug-likeness (QED) is 0.645. The van der Waals surface area contributed by atoms with Gasteiger partial charge in [0, 0.05) is 18.8 Å². The lowest BCUT2D eigenvalue weighted by molar-refractivity contribution is 0.869. The van der Waals surface area contributed by atoms with Crippen LogP contribution in [0.3, 0.4) is 0 Å². The molecule has 1 aromatic rings. The van der Waals surface area contributed by atoms with E-state index in [9.17, 15) is 0 Å². The summed E-state index contributed by atoms with van der Waals surface area (Å²) in [6.07, 6.45) is 0. The van der Waals surface area contributed by atoms with Crippen molar-refractivity contribution < 1.29 is 0 Å². The number of benzene rings is 1. The summed E-state index contributed by atoms with van der Waals surface area (Å²) in [5, 5.41) is 1.28. The molecule has 0 amide bonds. The molecule has 0 spiro atoms. The first kappa shape index (κ1) is 9.54. The Morgan fingerprint density at radius 3 is 2.25 bits per heavy atom. The third-order valence-electron chi connectivity index (χ3n) is 2.04. The normalized spacial score (nSPS) is 9.92. The molecule has 0 saturated carbocycles. The Hall–Kier alpha value is -0.550. The Morgan fingerprint density at radius 2 is 1.75 bits per heavy atom. The van der Waals surface area contributed by atoms with E-state index in [2.05, 4.69) is 52.3 Å². The van der Waals surface area contributed by atoms with Gasteiger partial charge in [0.05, 0.1) is 0 Å². The molecule has 1 aromatic carbocycles. The van der Waals surface area contributed by atoms with Gasteiger partial charge in [0.25, 0.3) is 0 Å². The van der Waals surface area contributed by atoms with E-state index in [1.165, 1.54) is 11.0 Å². The highest BCUT2D eigenvalue weighted by Crippen LogP contribution is 2.12. The molecule has 0 aromatic heterocycles. The second kappa shape index (κ2) is 4.47. The third-order valence-corrected chi connectivity index (χ3v) is 2.53. The molecule has 1 unspecified atom stereocenters. The van der Waals surface area contributed by atoms with E-state index in [4.69, 9.17) is 0 Å². The predicted molar refractivity (Wildman–Crippen MR) is 59.3 cm³/mol. The van der Waals surface area contributed by atoms with Crippen molar-refractivity contribution in [1.29, 1.82) is 0 Å². The maximum absolute atomic E-state index is 2.77. The van der Waals surface area contributed by atoms with Crippen LogP contribution in [0.4, 0.5) is 5.69 Å². The monoisotopic (exact) mass is 181 g/mol. The van der Waals surface area contributed by atoms with Gasteiger partial charge in [-0.3, -0.25) is 0 Å². The zero-order valence-electron chi connectivity index (χ0n) is 7.75. The lowest BCUT2D eigenvalue weighted by Crippen LogP contribution is -2.25. The number of para-hydroxylation sites is 1. The van der Waals surface area contributed by atoms with Crippen molar-refractivity contribution in [3.05, 3.63) is 24.3 Å². The minimum absolute atomic E-state index is 1.07. The van der Waals surface area contributed by atoms with Crippen LogP contribution in [0.5, 0.6) is 0 Å². The third kappa shape index (κ3) is 1.98. The van der Waals surface area contributed by atoms with Gasteiger partial charge in [-0.15, -0.1) is 9.24 Å². The molecule has 66 valence electrons. The van der Waals surface area contributed by atoms with Crippen LogP contribution in [0, 0.1) is 0 Å². The van der Waals surface area contributed by atoms with Gasteiger partial charge in [-0.05, 0) is 25.2 Å². The molecule has 0 bridgehead atoms. The van der Waals surface area contributed by atoms with Gasteiger partial charge in [0.2, 0.25) is 0 Å². The molecule has 1 nitrogen and oxygen atoms in total. The lowest BCUT2D eigenvalue weighted by Gasteiger charge is -2.22. The first-order chi connectivity index (χ1) is 5.79. The zero-order valence-corrected chi connectivity index (χ0v) is 8.90. The first-order valence-corrected chi connectivity index (χ1v) is 4.96. The molecule has 0 fully saturated rings. The smallest absolute Gasteiger partial charge is 0.0438 e. The first-order valence-electron chi connectivity index (χ1n) is 4.39. The molecule has 0 aliphatic rings. The van der Waals surface area contributed by atoms with Crippen LogP contribution in [0.15, 0.2) is 24.3 Å². The molecule has 0 heterocycles. The summed E-state index contributed by atoms with van der Waals surface area (Å²) in [5.41, 5.74) is 1.33. The van der Waals surface area contributed by atoms with Gasteiger partial charge in [0.15, 0.2) is 0 Å². The van der Waals surface area contributed by atoms with Gasteiger partial charge in [-0.25, -0.2) is 0 Å². The van der Waals surface area contributed by atoms with Gasteiger partial charge in [-0.1, -0.05) is 18.2 Å². The van der Waals surface area contributed by atoms with Crippen molar-refractivity contribution in [3.63, 3.8) is 0 Å². The van der Waals surface area contributed by atoms with E-state index < -0.39 is 0 Å². The van der Waals surface area contributed by atoms with Crippen LogP contribution >= 0.6 is 9.24 Å². The van der Waals surface area contributed by atoms with Crippen LogP contribution in [0.2, 0.25) is 0 Å². The summed E-state index contributed by atoms with van der Waals surface area (Å²) in [6.45, 7) is 6.51. The zero-order chi connectivity index (χ0) is 8.97. The van der Waals surface area contributed by atoms with Gasteiger partial charge in [-0.2, -0.15) is 0 Å². The molecule has 0 aliphatic carbocycles. The molecular formula is C10H16NP. The summed E-state index contributed by atoms with van der Waals surface area (Å²) in [5.74, 6) is 0. The van der Waals surface area contributed by atoms with E-state index in [0.29, 0.717) is 0 Å². The Morgan fingerprint density at radius 1 is 1.17 bits per heavy atom. The minimum Gasteiger partial charge on any atom is -0.372 e. The number of anilines is 1. The Balaban J connectivity index is 2.92. The number of nitrogens with zero attached hydrogens (tertiary/aromatic N) is 1. The molecule has 0 radical (unpaired) electrons. The van der Waals surface area contributed by atoms with Gasteiger partial charge < -0.3 is 4.90 Å². The molecule has 0 N–H and O–H groups in total. The summed E-state index contributed by atoms with van der Waals surface area (Å²) in [4.78, 5) is 2.35. The van der Waals surface area contributed by atoms with Crippen LogP contribution < -0.4 is 10.2 Å². The largest absolute Gasteiger partial charge is 0.372 e. The van der Waals surface area contributed by atoms with Crippen LogP contribution in [0.1, 0.15) is 13.8 Å². The molecule has 0 aliphatic heterocycles. The van der Waals surface area contributed by atoms with Crippen LogP contribution in [0.25, 0.3) is 0 Å². The summed E-state index contributed by atoms with van der Waals surface area (Å²) >= 11 is 0. The van der Waals surface area contributed by atoms with Crippen molar-refractivity contribution in [3.8, 4) is 0 Å². The summed E-state index contributed by atoms with van der Waals surface area (Å²) in [7, 11) is 2.77. The fraction of sp³-hybridized carbons (Fsp3) is 0.400. The van der Waals surface area contributed by atoms with Gasteiger partial charge in [0.1, 0.15) is 0 Å². The van der Waals surface area contributed by atoms with Crippen molar-refractivity contribution in [2.45, 2.75) is 13.8 Å². The topological polar surface area (TPSA) is 3.24 Å². The number of rotatable bonds is 3. The van der Waals surface area contributed by atoms with Crippen LogP contribution in [-0.4, -0.2) is 13.1 Å². The molecule has 1 atom stereocenters. The maximum atomic E-state index is 2.77. The van der Waals surface area contributed by atoms with Crippen LogP contribution in [-0.2, 0) is 0 Å².